The molecule has 1 unspecified atom stereocenters. The molecule has 6 heteroatoms. The number of benzene rings is 1. The second-order valence-corrected chi connectivity index (χ2v) is 6.96. The van der Waals surface area contributed by atoms with Gasteiger partial charge >= 0.3 is 0 Å². The van der Waals surface area contributed by atoms with Crippen molar-refractivity contribution < 1.29 is 9.53 Å². The van der Waals surface area contributed by atoms with Gasteiger partial charge in [0.25, 0.3) is 0 Å². The molecule has 1 fully saturated rings. The Morgan fingerprint density at radius 3 is 2.96 bits per heavy atom. The van der Waals surface area contributed by atoms with Gasteiger partial charge in [-0.15, -0.1) is 12.3 Å². The van der Waals surface area contributed by atoms with E-state index in [1.807, 2.05) is 18.2 Å². The molecule has 0 aromatic heterocycles. The maximum Gasteiger partial charge on any atom is 0.220 e. The Morgan fingerprint density at radius 1 is 1.42 bits per heavy atom. The summed E-state index contributed by atoms with van der Waals surface area (Å²) in [6, 6.07) is 8.06. The molecule has 1 aromatic carbocycles. The van der Waals surface area contributed by atoms with Crippen LogP contribution < -0.4 is 15.0 Å². The first kappa shape index (κ1) is 18.2. The molecule has 138 valence electrons. The van der Waals surface area contributed by atoms with Crippen LogP contribution in [0.25, 0.3) is 0 Å². The maximum absolute atomic E-state index is 12.1. The van der Waals surface area contributed by atoms with E-state index >= 15 is 0 Å². The molecule has 1 atom stereocenters. The highest BCUT2D eigenvalue weighted by atomic mass is 16.5. The monoisotopic (exact) mass is 354 g/mol. The minimum Gasteiger partial charge on any atom is -0.495 e. The third-order valence-electron chi connectivity index (χ3n) is 5.10. The van der Waals surface area contributed by atoms with E-state index in [0.29, 0.717) is 31.7 Å². The number of hydrogen-bond acceptors (Lipinski definition) is 5. The summed E-state index contributed by atoms with van der Waals surface area (Å²) in [7, 11) is 1.70. The molecule has 1 saturated heterocycles. The van der Waals surface area contributed by atoms with Gasteiger partial charge in [-0.1, -0.05) is 12.1 Å². The zero-order valence-corrected chi connectivity index (χ0v) is 15.3. The van der Waals surface area contributed by atoms with Crippen LogP contribution in [0.3, 0.4) is 0 Å². The Bertz CT molecular complexity index is 704. The summed E-state index contributed by atoms with van der Waals surface area (Å²) >= 11 is 0. The molecule has 6 nitrogen and oxygen atoms in total. The van der Waals surface area contributed by atoms with E-state index in [1.165, 1.54) is 0 Å². The molecule has 26 heavy (non-hydrogen) atoms. The van der Waals surface area contributed by atoms with Crippen LogP contribution in [-0.2, 0) is 4.79 Å². The maximum atomic E-state index is 12.1. The lowest BCUT2D eigenvalue weighted by atomic mass is 10.0. The van der Waals surface area contributed by atoms with Gasteiger partial charge in [0, 0.05) is 45.3 Å². The smallest absolute Gasteiger partial charge is 0.220 e. The number of para-hydroxylation sites is 2. The lowest BCUT2D eigenvalue weighted by Crippen LogP contribution is -2.31. The van der Waals surface area contributed by atoms with Gasteiger partial charge in [0.15, 0.2) is 5.66 Å². The predicted molar refractivity (Wildman–Crippen MR) is 101 cm³/mol. The summed E-state index contributed by atoms with van der Waals surface area (Å²) in [6.45, 7) is 2.61. The van der Waals surface area contributed by atoms with Gasteiger partial charge in [0.1, 0.15) is 5.75 Å². The van der Waals surface area contributed by atoms with Crippen molar-refractivity contribution in [1.29, 1.82) is 0 Å². The number of rotatable bonds is 9. The van der Waals surface area contributed by atoms with Crippen molar-refractivity contribution in [3.8, 4) is 18.1 Å². The van der Waals surface area contributed by atoms with Gasteiger partial charge < -0.3 is 15.0 Å². The predicted octanol–water partition coefficient (Wildman–Crippen LogP) is 2.99. The number of carbonyl (C=O) groups is 1. The summed E-state index contributed by atoms with van der Waals surface area (Å²) in [4.78, 5) is 14.5. The fourth-order valence-corrected chi connectivity index (χ4v) is 3.44. The highest BCUT2D eigenvalue weighted by Gasteiger charge is 2.39. The normalized spacial score (nSPS) is 19.8. The first-order valence-corrected chi connectivity index (χ1v) is 9.18. The number of amides is 1. The van der Waals surface area contributed by atoms with E-state index in [-0.39, 0.29) is 11.6 Å². The van der Waals surface area contributed by atoms with Crippen molar-refractivity contribution in [3.63, 3.8) is 0 Å². The van der Waals surface area contributed by atoms with Crippen LogP contribution in [0.2, 0.25) is 0 Å². The fourth-order valence-electron chi connectivity index (χ4n) is 3.44. The summed E-state index contributed by atoms with van der Waals surface area (Å²) < 4.78 is 5.45. The molecule has 0 bridgehead atoms. The van der Waals surface area contributed by atoms with Crippen LogP contribution in [0.5, 0.6) is 5.75 Å². The fraction of sp³-hybridized carbons (Fsp3) is 0.550. The minimum atomic E-state index is -0.377. The van der Waals surface area contributed by atoms with Crippen LogP contribution in [-0.4, -0.2) is 38.3 Å². The molecule has 0 saturated carbocycles. The van der Waals surface area contributed by atoms with Crippen LogP contribution in [0.15, 0.2) is 34.5 Å². The van der Waals surface area contributed by atoms with Crippen molar-refractivity contribution in [2.75, 3.05) is 31.6 Å². The van der Waals surface area contributed by atoms with E-state index in [4.69, 9.17) is 11.2 Å². The van der Waals surface area contributed by atoms with Gasteiger partial charge in [-0.2, -0.15) is 10.2 Å². The molecule has 1 aromatic rings. The number of nitrogens with zero attached hydrogens (tertiary/aromatic N) is 3. The van der Waals surface area contributed by atoms with Gasteiger partial charge in [-0.05, 0) is 24.5 Å². The molecular weight excluding hydrogens is 328 g/mol. The molecule has 3 rings (SSSR count). The number of nitrogens with one attached hydrogen (secondary N) is 1. The number of methoxy groups -OCH3 is 1. The Kier molecular flexibility index (Phi) is 5.77. The molecule has 2 aliphatic heterocycles. The van der Waals surface area contributed by atoms with Crippen molar-refractivity contribution in [2.24, 2.45) is 16.1 Å². The lowest BCUT2D eigenvalue weighted by molar-refractivity contribution is -0.121. The lowest BCUT2D eigenvalue weighted by Gasteiger charge is -2.21. The second-order valence-electron chi connectivity index (χ2n) is 6.96. The first-order valence-electron chi connectivity index (χ1n) is 9.18. The Hall–Kier alpha value is -2.55. The van der Waals surface area contributed by atoms with Crippen molar-refractivity contribution in [3.05, 3.63) is 24.3 Å². The summed E-state index contributed by atoms with van der Waals surface area (Å²) in [5.74, 6) is 4.02. The van der Waals surface area contributed by atoms with Crippen LogP contribution in [0, 0.1) is 18.3 Å². The van der Waals surface area contributed by atoms with Crippen LogP contribution >= 0.6 is 0 Å². The summed E-state index contributed by atoms with van der Waals surface area (Å²) in [5.41, 5.74) is 0.744. The molecule has 2 aliphatic rings. The number of carbonyl (C=O) groups excluding carboxylic acids is 1. The largest absolute Gasteiger partial charge is 0.495 e. The SMILES string of the molecule is C#CCCC1(CCC(=O)NCC2CCN(c3ccccc3OC)C2)N=N1. The zero-order valence-electron chi connectivity index (χ0n) is 15.3. The van der Waals surface area contributed by atoms with Crippen molar-refractivity contribution in [2.45, 2.75) is 37.8 Å². The average Bonchev–Trinajstić information content (AvgIpc) is 3.29. The van der Waals surface area contributed by atoms with E-state index < -0.39 is 0 Å². The summed E-state index contributed by atoms with van der Waals surface area (Å²) in [5, 5.41) is 11.2. The highest BCUT2D eigenvalue weighted by Crippen LogP contribution is 2.37. The van der Waals surface area contributed by atoms with Crippen molar-refractivity contribution in [1.82, 2.24) is 5.32 Å². The summed E-state index contributed by atoms with van der Waals surface area (Å²) in [6.07, 6.45) is 8.84. The molecule has 1 N–H and O–H groups in total. The average molecular weight is 354 g/mol. The Morgan fingerprint density at radius 2 is 2.23 bits per heavy atom. The number of hydrogen-bond donors (Lipinski definition) is 1. The number of terminal acetylenes is 1. The highest BCUT2D eigenvalue weighted by molar-refractivity contribution is 5.76. The Labute approximate surface area is 155 Å². The zero-order chi connectivity index (χ0) is 18.4. The van der Waals surface area contributed by atoms with Gasteiger partial charge in [0.2, 0.25) is 5.91 Å². The van der Waals surface area contributed by atoms with E-state index in [1.54, 1.807) is 7.11 Å². The van der Waals surface area contributed by atoms with E-state index in [0.717, 1.165) is 37.4 Å². The van der Waals surface area contributed by atoms with Gasteiger partial charge in [0.05, 0.1) is 12.8 Å². The molecule has 2 heterocycles. The number of anilines is 1. The number of ether oxygens (including phenoxy) is 1. The minimum absolute atomic E-state index is 0.0677. The molecule has 0 spiro atoms. The van der Waals surface area contributed by atoms with Gasteiger partial charge in [-0.3, -0.25) is 4.79 Å². The van der Waals surface area contributed by atoms with Crippen LogP contribution in [0.1, 0.15) is 32.1 Å². The third kappa shape index (κ3) is 4.54. The third-order valence-corrected chi connectivity index (χ3v) is 5.10. The van der Waals surface area contributed by atoms with Crippen LogP contribution in [0.4, 0.5) is 5.69 Å². The second kappa shape index (κ2) is 8.22. The molecular formula is C20H26N4O2. The molecule has 1 amide bonds. The molecule has 0 aliphatic carbocycles. The quantitative estimate of drug-likeness (QED) is 0.693. The van der Waals surface area contributed by atoms with E-state index in [2.05, 4.69) is 32.4 Å². The first-order chi connectivity index (χ1) is 12.7. The Balaban J connectivity index is 1.39. The van der Waals surface area contributed by atoms with E-state index in [9.17, 15) is 4.79 Å². The topological polar surface area (TPSA) is 66.3 Å². The standard InChI is InChI=1S/C20H26N4O2/c1-3-4-11-20(22-23-20)12-9-19(25)21-14-16-10-13-24(15-16)17-7-5-6-8-18(17)26-2/h1,5-8,16H,4,9-15H2,2H3,(H,21,25). The molecule has 0 radical (unpaired) electrons. The van der Waals surface area contributed by atoms with Crippen molar-refractivity contribution >= 4 is 11.6 Å². The van der Waals surface area contributed by atoms with Gasteiger partial charge in [-0.25, -0.2) is 0 Å².